The van der Waals surface area contributed by atoms with Crippen LogP contribution in [0.25, 0.3) is 0 Å². The number of hydrogen-bond donors (Lipinski definition) is 0. The van der Waals surface area contributed by atoms with Crippen LogP contribution in [0.5, 0.6) is 0 Å². The second-order valence-corrected chi connectivity index (χ2v) is 3.66. The van der Waals surface area contributed by atoms with Crippen LogP contribution in [-0.4, -0.2) is 0 Å². The molecule has 0 aromatic carbocycles. The molecule has 0 atom stereocenters. The maximum atomic E-state index is 8.65. The third kappa shape index (κ3) is 4160. The maximum absolute atomic E-state index is 8.65. The molecule has 0 aliphatic rings. The van der Waals surface area contributed by atoms with E-state index in [-0.39, 0.29) is 0 Å². The van der Waals surface area contributed by atoms with E-state index >= 15 is 0 Å². The molecular weight excluding hydrogens is 245 g/mol. The predicted molar refractivity (Wildman–Crippen MR) is 2.75 cm³/mol. The summed E-state index contributed by atoms with van der Waals surface area (Å²) in [6.45, 7) is 0. The second-order valence-electron chi connectivity index (χ2n) is 0.447. The first-order valence-electron chi connectivity index (χ1n) is 0.730. The molecule has 4 nitrogen and oxygen atoms in total. The van der Waals surface area contributed by atoms with Gasteiger partial charge in [-0.2, -0.15) is 0 Å². The Kier molecular flexibility index (Phi) is 0.954. The summed E-state index contributed by atoms with van der Waals surface area (Å²) in [6.07, 6.45) is 0. The summed E-state index contributed by atoms with van der Waals surface area (Å²) in [5.41, 5.74) is 0. The molecule has 0 radical (unpaired) electrons. The van der Waals surface area contributed by atoms with Gasteiger partial charge in [-0.3, -0.25) is 0 Å². The number of hydrogen-bond acceptors (Lipinski definition) is 4. The van der Waals surface area contributed by atoms with Crippen LogP contribution in [0.15, 0.2) is 0 Å². The van der Waals surface area contributed by atoms with Crippen LogP contribution >= 0.6 is 0 Å². The average Bonchev–Trinajstić information content (AvgIpc) is 0.722. The van der Waals surface area contributed by atoms with Gasteiger partial charge in [0.2, 0.25) is 0 Å². The zero-order valence-electron chi connectivity index (χ0n) is 2.08. The molecule has 0 N–H and O–H groups in total. The Balaban J connectivity index is 6.05. The van der Waals surface area contributed by atoms with Crippen molar-refractivity contribution in [3.63, 3.8) is 0 Å². The molecule has 0 aromatic rings. The van der Waals surface area contributed by atoms with Crippen molar-refractivity contribution in [2.24, 2.45) is 0 Å². The van der Waals surface area contributed by atoms with Crippen LogP contribution in [0.4, 0.5) is 0 Å². The standard InChI is InChI=1S/4O.Ta. The van der Waals surface area contributed by atoms with Gasteiger partial charge in [-0.05, 0) is 0 Å². The zero-order chi connectivity index (χ0) is 4.50. The van der Waals surface area contributed by atoms with E-state index < -0.39 is 17.0 Å². The van der Waals surface area contributed by atoms with Crippen LogP contribution in [0.1, 0.15) is 0 Å². The SMILES string of the molecule is [O]=[Ta](=[O])(=[O])=[O]. The monoisotopic (exact) mass is 245 g/mol. The predicted octanol–water partition coefficient (Wildman–Crippen LogP) is -0.478. The summed E-state index contributed by atoms with van der Waals surface area (Å²) < 4.78 is 34.6. The molecular formula is O4Ta. The first-order valence-corrected chi connectivity index (χ1v) is 5.98. The summed E-state index contributed by atoms with van der Waals surface area (Å²) in [5, 5.41) is 0. The summed E-state index contributed by atoms with van der Waals surface area (Å²) >= 11 is -6.22. The van der Waals surface area contributed by atoms with Gasteiger partial charge in [0, 0.05) is 0 Å². The van der Waals surface area contributed by atoms with Crippen molar-refractivity contribution in [2.45, 2.75) is 0 Å². The van der Waals surface area contributed by atoms with Crippen molar-refractivity contribution in [2.75, 3.05) is 0 Å². The fraction of sp³-hybridized carbons (Fsp3) is 0. The van der Waals surface area contributed by atoms with Crippen molar-refractivity contribution in [3.8, 4) is 0 Å². The van der Waals surface area contributed by atoms with Gasteiger partial charge < -0.3 is 0 Å². The van der Waals surface area contributed by atoms with E-state index in [0.717, 1.165) is 0 Å². The Morgan fingerprint density at radius 1 is 0.800 bits per heavy atom. The van der Waals surface area contributed by atoms with E-state index in [1.807, 2.05) is 0 Å². The molecule has 0 spiro atoms. The average molecular weight is 245 g/mol. The molecule has 5 heavy (non-hydrogen) atoms. The van der Waals surface area contributed by atoms with Crippen LogP contribution in [0, 0.1) is 0 Å². The summed E-state index contributed by atoms with van der Waals surface area (Å²) in [5.74, 6) is 0. The summed E-state index contributed by atoms with van der Waals surface area (Å²) in [4.78, 5) is 0. The Morgan fingerprint density at radius 3 is 0.800 bits per heavy atom. The molecule has 0 bridgehead atoms. The Hall–Kier alpha value is -0.0597. The first-order chi connectivity index (χ1) is 2.00. The molecule has 0 saturated heterocycles. The first kappa shape index (κ1) is 4.94. The molecule has 0 heterocycles. The Morgan fingerprint density at radius 2 is 0.800 bits per heavy atom. The second kappa shape index (κ2) is 0.965. The normalized spacial score (nSPS) is 8.00. The van der Waals surface area contributed by atoms with Gasteiger partial charge in [0.05, 0.1) is 0 Å². The van der Waals surface area contributed by atoms with E-state index in [1.165, 1.54) is 0 Å². The topological polar surface area (TPSA) is 68.3 Å². The minimum atomic E-state index is -6.22. The third-order valence-electron chi connectivity index (χ3n) is 0. The summed E-state index contributed by atoms with van der Waals surface area (Å²) in [7, 11) is 0. The van der Waals surface area contributed by atoms with E-state index in [4.69, 9.17) is 13.0 Å². The van der Waals surface area contributed by atoms with Crippen molar-refractivity contribution in [3.05, 3.63) is 0 Å². The van der Waals surface area contributed by atoms with E-state index in [2.05, 4.69) is 0 Å². The molecule has 0 amide bonds. The van der Waals surface area contributed by atoms with Crippen molar-refractivity contribution < 1.29 is 30.0 Å². The molecule has 0 unspecified atom stereocenters. The number of rotatable bonds is 0. The van der Waals surface area contributed by atoms with Crippen LogP contribution < -0.4 is 0 Å². The van der Waals surface area contributed by atoms with Gasteiger partial charge in [-0.15, -0.1) is 0 Å². The van der Waals surface area contributed by atoms with E-state index in [1.54, 1.807) is 0 Å². The van der Waals surface area contributed by atoms with Crippen molar-refractivity contribution in [1.82, 2.24) is 0 Å². The van der Waals surface area contributed by atoms with Crippen LogP contribution in [0.2, 0.25) is 0 Å². The molecule has 0 fully saturated rings. The molecule has 0 rings (SSSR count). The van der Waals surface area contributed by atoms with Gasteiger partial charge in [0.25, 0.3) is 0 Å². The van der Waals surface area contributed by atoms with Gasteiger partial charge >= 0.3 is 30.0 Å². The quantitative estimate of drug-likeness (QED) is 0.578. The molecule has 0 saturated carbocycles. The molecule has 5 heteroatoms. The zero-order valence-corrected chi connectivity index (χ0v) is 5.29. The van der Waals surface area contributed by atoms with Gasteiger partial charge in [0.1, 0.15) is 0 Å². The van der Waals surface area contributed by atoms with Crippen molar-refractivity contribution >= 4 is 0 Å². The Bertz CT molecular complexity index is 155. The third-order valence-corrected chi connectivity index (χ3v) is 0. The molecule has 29 valence electrons. The Labute approximate surface area is 30.7 Å². The fourth-order valence-corrected chi connectivity index (χ4v) is 0. The van der Waals surface area contributed by atoms with Gasteiger partial charge in [-0.25, -0.2) is 0 Å². The summed E-state index contributed by atoms with van der Waals surface area (Å²) in [6, 6.07) is 0. The van der Waals surface area contributed by atoms with Gasteiger partial charge in [0.15, 0.2) is 0 Å². The minimum absolute atomic E-state index is 6.22. The fourth-order valence-electron chi connectivity index (χ4n) is 0. The van der Waals surface area contributed by atoms with Crippen LogP contribution in [0.3, 0.4) is 0 Å². The van der Waals surface area contributed by atoms with Gasteiger partial charge in [-0.1, -0.05) is 0 Å². The van der Waals surface area contributed by atoms with Crippen LogP contribution in [-0.2, 0) is 30.0 Å². The van der Waals surface area contributed by atoms with E-state index in [0.29, 0.717) is 0 Å². The molecule has 0 aliphatic heterocycles. The van der Waals surface area contributed by atoms with Crippen molar-refractivity contribution in [1.29, 1.82) is 0 Å². The molecule has 0 aromatic heterocycles. The molecule has 0 aliphatic carbocycles. The van der Waals surface area contributed by atoms with E-state index in [9.17, 15) is 0 Å².